The van der Waals surface area contributed by atoms with Crippen molar-refractivity contribution in [3.63, 3.8) is 0 Å². The van der Waals surface area contributed by atoms with E-state index in [-0.39, 0.29) is 10.8 Å². The number of hydrogen-bond donors (Lipinski definition) is 2. The third-order valence-electron chi connectivity index (χ3n) is 5.27. The van der Waals surface area contributed by atoms with E-state index in [0.717, 1.165) is 0 Å². The Morgan fingerprint density at radius 1 is 1.18 bits per heavy atom. The third kappa shape index (κ3) is 6.72. The Morgan fingerprint density at radius 3 is 2.50 bits per heavy atom. The molecule has 1 aliphatic rings. The molecule has 1 aliphatic heterocycles. The van der Waals surface area contributed by atoms with Crippen molar-refractivity contribution in [3.8, 4) is 5.75 Å². The van der Waals surface area contributed by atoms with E-state index in [0.29, 0.717) is 62.1 Å². The Morgan fingerprint density at radius 2 is 1.85 bits per heavy atom. The van der Waals surface area contributed by atoms with Crippen LogP contribution in [0.15, 0.2) is 60.0 Å². The highest BCUT2D eigenvalue weighted by molar-refractivity contribution is 7.92. The Kier molecular flexibility index (Phi) is 8.91. The number of anilines is 3. The molecule has 9 nitrogen and oxygen atoms in total. The number of carbonyl (C=O) groups excluding carboxylic acids is 1. The summed E-state index contributed by atoms with van der Waals surface area (Å²) >= 11 is 0. The average Bonchev–Trinajstić information content (AvgIpc) is 2.85. The van der Waals surface area contributed by atoms with Gasteiger partial charge in [0, 0.05) is 24.5 Å². The van der Waals surface area contributed by atoms with Crippen LogP contribution in [-0.2, 0) is 24.3 Å². The maximum absolute atomic E-state index is 13.4. The maximum Gasteiger partial charge on any atom is 0.264 e. The lowest BCUT2D eigenvalue weighted by atomic mass is 10.2. The predicted octanol–water partition coefficient (Wildman–Crippen LogP) is 3.25. The number of nitrogens with one attached hydrogen (secondary N) is 2. The molecule has 1 atom stereocenters. The maximum atomic E-state index is 13.4. The number of nitrogens with zero attached hydrogens (tertiary/aromatic N) is 1. The van der Waals surface area contributed by atoms with Gasteiger partial charge in [-0.1, -0.05) is 6.08 Å². The van der Waals surface area contributed by atoms with Crippen molar-refractivity contribution < 1.29 is 27.4 Å². The van der Waals surface area contributed by atoms with Gasteiger partial charge in [0.1, 0.15) is 16.7 Å². The molecular weight excluding hydrogens is 458 g/mol. The van der Waals surface area contributed by atoms with Crippen LogP contribution in [0.1, 0.15) is 13.3 Å². The van der Waals surface area contributed by atoms with Gasteiger partial charge in [-0.05, 0) is 55.8 Å². The summed E-state index contributed by atoms with van der Waals surface area (Å²) < 4.78 is 45.5. The first-order valence-corrected chi connectivity index (χ1v) is 12.5. The van der Waals surface area contributed by atoms with E-state index < -0.39 is 16.1 Å². The minimum absolute atomic E-state index is 0.0586. The fraction of sp³-hybridized carbons (Fsp3) is 0.375. The van der Waals surface area contributed by atoms with Crippen LogP contribution in [0, 0.1) is 0 Å². The van der Waals surface area contributed by atoms with Gasteiger partial charge >= 0.3 is 0 Å². The zero-order chi connectivity index (χ0) is 24.6. The fourth-order valence-electron chi connectivity index (χ4n) is 3.39. The molecule has 0 bridgehead atoms. The van der Waals surface area contributed by atoms with E-state index in [9.17, 15) is 13.2 Å². The Hall–Kier alpha value is -3.08. The summed E-state index contributed by atoms with van der Waals surface area (Å²) in [5.41, 5.74) is 1.29. The van der Waals surface area contributed by atoms with Crippen LogP contribution in [0.4, 0.5) is 17.1 Å². The molecule has 0 saturated carbocycles. The van der Waals surface area contributed by atoms with E-state index in [2.05, 4.69) is 16.6 Å². The number of carbonyl (C=O) groups is 1. The normalized spacial score (nSPS) is 14.8. The molecule has 1 fully saturated rings. The topological polar surface area (TPSA) is 106 Å². The molecule has 0 spiro atoms. The quantitative estimate of drug-likeness (QED) is 0.369. The molecule has 34 heavy (non-hydrogen) atoms. The summed E-state index contributed by atoms with van der Waals surface area (Å²) in [6.07, 6.45) is 1.64. The second-order valence-corrected chi connectivity index (χ2v) is 9.35. The van der Waals surface area contributed by atoms with Gasteiger partial charge in [0.05, 0.1) is 32.6 Å². The highest BCUT2D eigenvalue weighted by Gasteiger charge is 2.25. The molecule has 10 heteroatoms. The van der Waals surface area contributed by atoms with Crippen molar-refractivity contribution in [2.45, 2.75) is 24.3 Å². The molecule has 1 heterocycles. The monoisotopic (exact) mass is 489 g/mol. The van der Waals surface area contributed by atoms with Crippen molar-refractivity contribution in [3.05, 3.63) is 55.1 Å². The van der Waals surface area contributed by atoms with E-state index in [4.69, 9.17) is 14.2 Å². The summed E-state index contributed by atoms with van der Waals surface area (Å²) in [6.45, 7) is 7.77. The van der Waals surface area contributed by atoms with Gasteiger partial charge in [-0.3, -0.25) is 9.52 Å². The first-order chi connectivity index (χ1) is 16.3. The first-order valence-electron chi connectivity index (χ1n) is 11.0. The number of methoxy groups -OCH3 is 1. The Balaban J connectivity index is 1.88. The Labute approximate surface area is 200 Å². The molecule has 0 aliphatic carbocycles. The van der Waals surface area contributed by atoms with Gasteiger partial charge in [0.25, 0.3) is 15.9 Å². The minimum atomic E-state index is -3.98. The van der Waals surface area contributed by atoms with Crippen molar-refractivity contribution in [1.82, 2.24) is 0 Å². The molecule has 3 rings (SSSR count). The zero-order valence-electron chi connectivity index (χ0n) is 19.5. The average molecular weight is 490 g/mol. The highest BCUT2D eigenvalue weighted by Crippen LogP contribution is 2.31. The lowest BCUT2D eigenvalue weighted by Crippen LogP contribution is -2.37. The summed E-state index contributed by atoms with van der Waals surface area (Å²) in [5, 5.41) is 2.75. The molecule has 0 aromatic heterocycles. The second kappa shape index (κ2) is 11.9. The molecule has 2 N–H and O–H groups in total. The van der Waals surface area contributed by atoms with Gasteiger partial charge in [-0.15, -0.1) is 6.58 Å². The van der Waals surface area contributed by atoms with Gasteiger partial charge in [-0.25, -0.2) is 8.42 Å². The molecule has 0 radical (unpaired) electrons. The summed E-state index contributed by atoms with van der Waals surface area (Å²) in [4.78, 5) is 14.6. The van der Waals surface area contributed by atoms with Crippen molar-refractivity contribution in [2.75, 3.05) is 55.0 Å². The van der Waals surface area contributed by atoms with Crippen LogP contribution < -0.4 is 19.7 Å². The predicted molar refractivity (Wildman–Crippen MR) is 132 cm³/mol. The van der Waals surface area contributed by atoms with Gasteiger partial charge in [0.15, 0.2) is 0 Å². The number of amides is 1. The molecular formula is C24H31N3O6S. The SMILES string of the molecule is C=CCCOC(C)C(=O)Nc1ccc(N2CCOCC2)c(S(=O)(=O)Nc2ccc(OC)cc2)c1. The third-order valence-corrected chi connectivity index (χ3v) is 6.68. The van der Waals surface area contributed by atoms with E-state index >= 15 is 0 Å². The number of benzene rings is 2. The van der Waals surface area contributed by atoms with Crippen LogP contribution in [-0.4, -0.2) is 60.4 Å². The molecule has 2 aromatic rings. The van der Waals surface area contributed by atoms with Crippen LogP contribution in [0.3, 0.4) is 0 Å². The summed E-state index contributed by atoms with van der Waals surface area (Å²) in [5.74, 6) is 0.251. The Bertz CT molecular complexity index is 1080. The number of morpholine rings is 1. The number of hydrogen-bond acceptors (Lipinski definition) is 7. The zero-order valence-corrected chi connectivity index (χ0v) is 20.3. The number of ether oxygens (including phenoxy) is 3. The van der Waals surface area contributed by atoms with E-state index in [1.165, 1.54) is 6.07 Å². The number of rotatable bonds is 11. The van der Waals surface area contributed by atoms with Crippen LogP contribution in [0.2, 0.25) is 0 Å². The molecule has 1 amide bonds. The summed E-state index contributed by atoms with van der Waals surface area (Å²) in [6, 6.07) is 11.4. The van der Waals surface area contributed by atoms with Crippen molar-refractivity contribution in [1.29, 1.82) is 0 Å². The van der Waals surface area contributed by atoms with E-state index in [1.807, 2.05) is 4.90 Å². The largest absolute Gasteiger partial charge is 0.497 e. The van der Waals surface area contributed by atoms with Crippen molar-refractivity contribution in [2.24, 2.45) is 0 Å². The van der Waals surface area contributed by atoms with Crippen LogP contribution in [0.5, 0.6) is 5.75 Å². The van der Waals surface area contributed by atoms with Gasteiger partial charge in [-0.2, -0.15) is 0 Å². The lowest BCUT2D eigenvalue weighted by molar-refractivity contribution is -0.126. The highest BCUT2D eigenvalue weighted by atomic mass is 32.2. The molecule has 184 valence electrons. The smallest absolute Gasteiger partial charge is 0.264 e. The lowest BCUT2D eigenvalue weighted by Gasteiger charge is -2.30. The fourth-order valence-corrected chi connectivity index (χ4v) is 4.70. The van der Waals surface area contributed by atoms with E-state index in [1.54, 1.807) is 56.5 Å². The van der Waals surface area contributed by atoms with Crippen LogP contribution in [0.25, 0.3) is 0 Å². The summed E-state index contributed by atoms with van der Waals surface area (Å²) in [7, 11) is -2.44. The van der Waals surface area contributed by atoms with Crippen molar-refractivity contribution >= 4 is 33.0 Å². The van der Waals surface area contributed by atoms with Crippen LogP contribution >= 0.6 is 0 Å². The molecule has 1 saturated heterocycles. The standard InChI is InChI=1S/C24H31N3O6S/c1-4-5-14-33-18(2)24(28)25-20-8-11-22(27-12-15-32-16-13-27)23(17-20)34(29,30)26-19-6-9-21(31-3)10-7-19/h4,6-11,17-18,26H,1,5,12-16H2,2-3H3,(H,25,28). The second-order valence-electron chi connectivity index (χ2n) is 7.70. The first kappa shape index (κ1) is 25.5. The van der Waals surface area contributed by atoms with Gasteiger partial charge in [0.2, 0.25) is 0 Å². The molecule has 1 unspecified atom stereocenters. The number of sulfonamides is 1. The molecule has 2 aromatic carbocycles. The van der Waals surface area contributed by atoms with Gasteiger partial charge < -0.3 is 24.4 Å². The minimum Gasteiger partial charge on any atom is -0.497 e.